The molecule has 1 unspecified atom stereocenters. The third kappa shape index (κ3) is 1.82. The number of nitrogens with zero attached hydrogens (tertiary/aromatic N) is 1. The molecule has 0 spiro atoms. The average molecular weight is 294 g/mol. The highest BCUT2D eigenvalue weighted by Gasteiger charge is 2.50. The molecule has 1 aliphatic heterocycles. The van der Waals surface area contributed by atoms with Gasteiger partial charge in [0, 0.05) is 11.4 Å². The van der Waals surface area contributed by atoms with Gasteiger partial charge in [-0.1, -0.05) is 18.6 Å². The van der Waals surface area contributed by atoms with Crippen LogP contribution in [0.2, 0.25) is 0 Å². The van der Waals surface area contributed by atoms with Crippen LogP contribution >= 0.6 is 23.6 Å². The summed E-state index contributed by atoms with van der Waals surface area (Å²) in [6.07, 6.45) is 3.65. The van der Waals surface area contributed by atoms with Gasteiger partial charge in [-0.2, -0.15) is 0 Å². The van der Waals surface area contributed by atoms with Crippen molar-refractivity contribution in [3.63, 3.8) is 0 Å². The number of carbonyl (C=O) groups excluding carboxylic acids is 1. The van der Waals surface area contributed by atoms with Crippen LogP contribution < -0.4 is 5.73 Å². The maximum Gasteiger partial charge on any atom is 0.236 e. The summed E-state index contributed by atoms with van der Waals surface area (Å²) >= 11 is 6.95. The van der Waals surface area contributed by atoms with Crippen LogP contribution in [0, 0.1) is 5.41 Å². The van der Waals surface area contributed by atoms with Crippen molar-refractivity contribution in [1.29, 1.82) is 0 Å². The second-order valence-corrected chi connectivity index (χ2v) is 6.96. The third-order valence-electron chi connectivity index (χ3n) is 4.63. The minimum absolute atomic E-state index is 0.148. The van der Waals surface area contributed by atoms with E-state index >= 15 is 0 Å². The van der Waals surface area contributed by atoms with Crippen LogP contribution in [-0.2, 0) is 11.2 Å². The van der Waals surface area contributed by atoms with Crippen molar-refractivity contribution < 1.29 is 4.79 Å². The summed E-state index contributed by atoms with van der Waals surface area (Å²) in [5, 5.41) is 2.11. The maximum atomic E-state index is 12.8. The molecule has 1 saturated carbocycles. The van der Waals surface area contributed by atoms with Crippen molar-refractivity contribution in [2.45, 2.75) is 38.6 Å². The van der Waals surface area contributed by atoms with Crippen molar-refractivity contribution in [1.82, 2.24) is 4.90 Å². The normalized spacial score (nSPS) is 24.5. The standard InChI is InChI=1S/C14H18N2OS2/c1-9-10-4-8-19-11(10)3-7-16(9)13(17)14(12(15)18)5-2-6-14/h4,8-9H,2-3,5-7H2,1H3,(H2,15,18). The number of rotatable bonds is 2. The molecule has 3 rings (SSSR count). The molecule has 0 aromatic carbocycles. The molecule has 1 fully saturated rings. The maximum absolute atomic E-state index is 12.8. The van der Waals surface area contributed by atoms with Gasteiger partial charge in [0.15, 0.2) is 0 Å². The Bertz CT molecular complexity index is 533. The van der Waals surface area contributed by atoms with Gasteiger partial charge in [-0.25, -0.2) is 0 Å². The van der Waals surface area contributed by atoms with Crippen LogP contribution in [-0.4, -0.2) is 22.3 Å². The van der Waals surface area contributed by atoms with E-state index in [1.54, 1.807) is 11.3 Å². The first kappa shape index (κ1) is 13.1. The summed E-state index contributed by atoms with van der Waals surface area (Å²) in [7, 11) is 0. The minimum atomic E-state index is -0.545. The first-order chi connectivity index (χ1) is 9.06. The molecule has 2 aliphatic rings. The smallest absolute Gasteiger partial charge is 0.236 e. The number of hydrogen-bond donors (Lipinski definition) is 1. The fraction of sp³-hybridized carbons (Fsp3) is 0.571. The Labute approximate surface area is 122 Å². The Morgan fingerprint density at radius 2 is 2.32 bits per heavy atom. The molecule has 102 valence electrons. The zero-order valence-corrected chi connectivity index (χ0v) is 12.6. The first-order valence-electron chi connectivity index (χ1n) is 6.73. The summed E-state index contributed by atoms with van der Waals surface area (Å²) in [5.74, 6) is 0.149. The fourth-order valence-electron chi connectivity index (χ4n) is 3.16. The van der Waals surface area contributed by atoms with Gasteiger partial charge in [-0.15, -0.1) is 11.3 Å². The average Bonchev–Trinajstić information content (AvgIpc) is 2.76. The lowest BCUT2D eigenvalue weighted by Gasteiger charge is -2.45. The Balaban J connectivity index is 1.88. The molecule has 19 heavy (non-hydrogen) atoms. The summed E-state index contributed by atoms with van der Waals surface area (Å²) < 4.78 is 0. The molecule has 1 amide bonds. The Morgan fingerprint density at radius 3 is 2.89 bits per heavy atom. The van der Waals surface area contributed by atoms with Crippen molar-refractivity contribution in [2.24, 2.45) is 11.1 Å². The second-order valence-electron chi connectivity index (χ2n) is 5.52. The zero-order chi connectivity index (χ0) is 13.6. The SMILES string of the molecule is CC1c2ccsc2CCN1C(=O)C1(C(N)=S)CCC1. The van der Waals surface area contributed by atoms with Crippen LogP contribution in [0.1, 0.15) is 42.7 Å². The molecule has 1 aromatic rings. The number of thiocarbonyl (C=S) groups is 1. The largest absolute Gasteiger partial charge is 0.392 e. The molecule has 2 N–H and O–H groups in total. The number of amides is 1. The predicted molar refractivity (Wildman–Crippen MR) is 81.2 cm³/mol. The van der Waals surface area contributed by atoms with E-state index < -0.39 is 5.41 Å². The van der Waals surface area contributed by atoms with Crippen LogP contribution in [0.3, 0.4) is 0 Å². The number of hydrogen-bond acceptors (Lipinski definition) is 3. The second kappa shape index (κ2) is 4.56. The van der Waals surface area contributed by atoms with Gasteiger partial charge >= 0.3 is 0 Å². The molecule has 2 heterocycles. The summed E-state index contributed by atoms with van der Waals surface area (Å²) in [6.45, 7) is 2.90. The van der Waals surface area contributed by atoms with Gasteiger partial charge in [0.25, 0.3) is 0 Å². The van der Waals surface area contributed by atoms with E-state index in [0.717, 1.165) is 32.2 Å². The predicted octanol–water partition coefficient (Wildman–Crippen LogP) is 2.65. The molecule has 1 atom stereocenters. The highest BCUT2D eigenvalue weighted by Crippen LogP contribution is 2.45. The van der Waals surface area contributed by atoms with Crippen LogP contribution in [0.15, 0.2) is 11.4 Å². The third-order valence-corrected chi connectivity index (χ3v) is 6.01. The molecule has 0 bridgehead atoms. The monoisotopic (exact) mass is 294 g/mol. The van der Waals surface area contributed by atoms with Gasteiger partial charge in [-0.3, -0.25) is 4.79 Å². The number of fused-ring (bicyclic) bond motifs is 1. The van der Waals surface area contributed by atoms with Crippen molar-refractivity contribution in [3.05, 3.63) is 21.9 Å². The quantitative estimate of drug-likeness (QED) is 0.853. The highest BCUT2D eigenvalue weighted by atomic mass is 32.1. The molecule has 3 nitrogen and oxygen atoms in total. The molecule has 1 aliphatic carbocycles. The number of nitrogens with two attached hydrogens (primary N) is 1. The molecule has 5 heteroatoms. The molecule has 0 radical (unpaired) electrons. The van der Waals surface area contributed by atoms with E-state index in [0.29, 0.717) is 4.99 Å². The van der Waals surface area contributed by atoms with E-state index in [1.807, 2.05) is 4.90 Å². The van der Waals surface area contributed by atoms with Gasteiger partial charge in [0.2, 0.25) is 5.91 Å². The van der Waals surface area contributed by atoms with Gasteiger partial charge in [0.1, 0.15) is 0 Å². The Kier molecular flexibility index (Phi) is 3.14. The molecular weight excluding hydrogens is 276 g/mol. The Hall–Kier alpha value is -0.940. The van der Waals surface area contributed by atoms with Gasteiger partial charge < -0.3 is 10.6 Å². The van der Waals surface area contributed by atoms with Gasteiger partial charge in [0.05, 0.1) is 16.4 Å². The van der Waals surface area contributed by atoms with Gasteiger partial charge in [-0.05, 0) is 43.2 Å². The first-order valence-corrected chi connectivity index (χ1v) is 8.02. The molecule has 0 saturated heterocycles. The summed E-state index contributed by atoms with van der Waals surface area (Å²) in [6, 6.07) is 2.28. The van der Waals surface area contributed by atoms with E-state index in [2.05, 4.69) is 18.4 Å². The topological polar surface area (TPSA) is 46.3 Å². The van der Waals surface area contributed by atoms with E-state index in [9.17, 15) is 4.79 Å². The lowest BCUT2D eigenvalue weighted by Crippen LogP contribution is -2.55. The Morgan fingerprint density at radius 1 is 1.58 bits per heavy atom. The van der Waals surface area contributed by atoms with Crippen LogP contribution in [0.25, 0.3) is 0 Å². The number of carbonyl (C=O) groups is 1. The lowest BCUT2D eigenvalue weighted by molar-refractivity contribution is -0.144. The van der Waals surface area contributed by atoms with E-state index in [1.165, 1.54) is 10.4 Å². The fourth-order valence-corrected chi connectivity index (χ4v) is 4.41. The number of thiophene rings is 1. The summed E-state index contributed by atoms with van der Waals surface area (Å²) in [5.41, 5.74) is 6.60. The van der Waals surface area contributed by atoms with Crippen molar-refractivity contribution >= 4 is 34.5 Å². The lowest BCUT2D eigenvalue weighted by atomic mass is 9.67. The van der Waals surface area contributed by atoms with Crippen LogP contribution in [0.5, 0.6) is 0 Å². The van der Waals surface area contributed by atoms with Crippen LogP contribution in [0.4, 0.5) is 0 Å². The molecular formula is C14H18N2OS2. The molecule has 1 aromatic heterocycles. The van der Waals surface area contributed by atoms with E-state index in [4.69, 9.17) is 18.0 Å². The van der Waals surface area contributed by atoms with Crippen molar-refractivity contribution in [2.75, 3.05) is 6.54 Å². The highest BCUT2D eigenvalue weighted by molar-refractivity contribution is 7.80. The minimum Gasteiger partial charge on any atom is -0.392 e. The van der Waals surface area contributed by atoms with Crippen molar-refractivity contribution in [3.8, 4) is 0 Å². The zero-order valence-electron chi connectivity index (χ0n) is 11.0. The van der Waals surface area contributed by atoms with E-state index in [-0.39, 0.29) is 11.9 Å². The summed E-state index contributed by atoms with van der Waals surface area (Å²) in [4.78, 5) is 16.6.